The van der Waals surface area contributed by atoms with Crippen molar-refractivity contribution in [2.24, 2.45) is 10.9 Å². The highest BCUT2D eigenvalue weighted by atomic mass is 79.9. The summed E-state index contributed by atoms with van der Waals surface area (Å²) in [5, 5.41) is 6.75. The minimum Gasteiger partial charge on any atom is -0.486 e. The van der Waals surface area contributed by atoms with Gasteiger partial charge in [-0.1, -0.05) is 0 Å². The van der Waals surface area contributed by atoms with Crippen LogP contribution >= 0.6 is 15.9 Å². The van der Waals surface area contributed by atoms with Gasteiger partial charge in [0.2, 0.25) is 0 Å². The zero-order chi connectivity index (χ0) is 16.8. The predicted octanol–water partition coefficient (Wildman–Crippen LogP) is 2.31. The van der Waals surface area contributed by atoms with Gasteiger partial charge in [0.1, 0.15) is 13.2 Å². The van der Waals surface area contributed by atoms with Crippen molar-refractivity contribution in [2.45, 2.75) is 19.4 Å². The van der Waals surface area contributed by atoms with Crippen molar-refractivity contribution in [3.63, 3.8) is 0 Å². The molecule has 0 bridgehead atoms. The molecule has 0 saturated carbocycles. The number of aliphatic imine (C=N–C) groups is 1. The van der Waals surface area contributed by atoms with Gasteiger partial charge < -0.3 is 24.8 Å². The van der Waals surface area contributed by atoms with E-state index in [1.54, 1.807) is 7.05 Å². The molecule has 132 valence electrons. The Morgan fingerprint density at radius 3 is 2.75 bits per heavy atom. The standard InChI is InChI=1S/C17H24BrN3O3/c1-19-17(20-10-12-2-4-22-5-3-12)21-11-13-8-14(18)16-15(9-13)23-6-7-24-16/h8-9,12H,2-7,10-11H2,1H3,(H2,19,20,21). The Labute approximate surface area is 151 Å². The van der Waals surface area contributed by atoms with Crippen molar-refractivity contribution in [1.82, 2.24) is 10.6 Å². The monoisotopic (exact) mass is 397 g/mol. The lowest BCUT2D eigenvalue weighted by atomic mass is 10.0. The van der Waals surface area contributed by atoms with Crippen LogP contribution in [0.3, 0.4) is 0 Å². The average molecular weight is 398 g/mol. The van der Waals surface area contributed by atoms with Crippen LogP contribution in [-0.2, 0) is 11.3 Å². The molecule has 2 N–H and O–H groups in total. The van der Waals surface area contributed by atoms with Crippen LogP contribution in [-0.4, -0.2) is 46.0 Å². The van der Waals surface area contributed by atoms with Crippen LogP contribution in [0.5, 0.6) is 11.5 Å². The quantitative estimate of drug-likeness (QED) is 0.602. The maximum atomic E-state index is 5.66. The fourth-order valence-electron chi connectivity index (χ4n) is 2.86. The predicted molar refractivity (Wildman–Crippen MR) is 96.9 cm³/mol. The number of benzene rings is 1. The van der Waals surface area contributed by atoms with E-state index in [1.165, 1.54) is 0 Å². The van der Waals surface area contributed by atoms with Crippen LogP contribution < -0.4 is 20.1 Å². The van der Waals surface area contributed by atoms with E-state index in [0.29, 0.717) is 25.7 Å². The van der Waals surface area contributed by atoms with E-state index in [2.05, 4.69) is 31.6 Å². The number of hydrogen-bond acceptors (Lipinski definition) is 4. The third-order valence-corrected chi connectivity index (χ3v) is 4.83. The highest BCUT2D eigenvalue weighted by Gasteiger charge is 2.17. The number of ether oxygens (including phenoxy) is 3. The molecule has 0 amide bonds. The van der Waals surface area contributed by atoms with Crippen LogP contribution in [0.15, 0.2) is 21.6 Å². The Morgan fingerprint density at radius 1 is 1.17 bits per heavy atom. The first-order valence-electron chi connectivity index (χ1n) is 8.36. The molecule has 0 unspecified atom stereocenters. The van der Waals surface area contributed by atoms with E-state index in [0.717, 1.165) is 60.1 Å². The summed E-state index contributed by atoms with van der Waals surface area (Å²) < 4.78 is 17.6. The summed E-state index contributed by atoms with van der Waals surface area (Å²) in [7, 11) is 1.79. The third-order valence-electron chi connectivity index (χ3n) is 4.24. The maximum Gasteiger partial charge on any atom is 0.191 e. The van der Waals surface area contributed by atoms with Crippen molar-refractivity contribution in [3.8, 4) is 11.5 Å². The van der Waals surface area contributed by atoms with Gasteiger partial charge >= 0.3 is 0 Å². The van der Waals surface area contributed by atoms with Crippen molar-refractivity contribution >= 4 is 21.9 Å². The topological polar surface area (TPSA) is 64.1 Å². The summed E-state index contributed by atoms with van der Waals surface area (Å²) in [6.45, 7) is 4.50. The molecular weight excluding hydrogens is 374 g/mol. The number of nitrogens with one attached hydrogen (secondary N) is 2. The number of rotatable bonds is 4. The first-order chi connectivity index (χ1) is 11.8. The molecule has 24 heavy (non-hydrogen) atoms. The molecule has 3 rings (SSSR count). The molecule has 1 aromatic carbocycles. The summed E-state index contributed by atoms with van der Waals surface area (Å²) in [4.78, 5) is 4.29. The van der Waals surface area contributed by atoms with E-state index < -0.39 is 0 Å². The van der Waals surface area contributed by atoms with Crippen LogP contribution in [0.4, 0.5) is 0 Å². The molecule has 2 heterocycles. The minimum atomic E-state index is 0.588. The Kier molecular flexibility index (Phi) is 6.20. The lowest BCUT2D eigenvalue weighted by Gasteiger charge is -2.23. The summed E-state index contributed by atoms with van der Waals surface area (Å²) >= 11 is 3.55. The molecule has 0 aromatic heterocycles. The molecule has 1 fully saturated rings. The van der Waals surface area contributed by atoms with Crippen molar-refractivity contribution in [1.29, 1.82) is 0 Å². The van der Waals surface area contributed by atoms with Crippen LogP contribution in [0.2, 0.25) is 0 Å². The lowest BCUT2D eigenvalue weighted by Crippen LogP contribution is -2.40. The number of fused-ring (bicyclic) bond motifs is 1. The van der Waals surface area contributed by atoms with Crippen LogP contribution in [0, 0.1) is 5.92 Å². The molecule has 0 atom stereocenters. The zero-order valence-electron chi connectivity index (χ0n) is 13.9. The Hall–Kier alpha value is -1.47. The second kappa shape index (κ2) is 8.58. The smallest absolute Gasteiger partial charge is 0.191 e. The molecule has 0 radical (unpaired) electrons. The summed E-state index contributed by atoms with van der Waals surface area (Å²) in [6, 6.07) is 4.06. The van der Waals surface area contributed by atoms with Gasteiger partial charge in [-0.15, -0.1) is 0 Å². The molecule has 2 aliphatic heterocycles. The van der Waals surface area contributed by atoms with E-state index in [4.69, 9.17) is 14.2 Å². The van der Waals surface area contributed by atoms with Gasteiger partial charge in [-0.25, -0.2) is 0 Å². The summed E-state index contributed by atoms with van der Waals surface area (Å²) in [5.74, 6) is 3.04. The van der Waals surface area contributed by atoms with Gasteiger partial charge in [0, 0.05) is 33.4 Å². The minimum absolute atomic E-state index is 0.588. The number of guanidine groups is 1. The molecular formula is C17H24BrN3O3. The molecule has 2 aliphatic rings. The van der Waals surface area contributed by atoms with Gasteiger partial charge in [-0.2, -0.15) is 0 Å². The lowest BCUT2D eigenvalue weighted by molar-refractivity contribution is 0.0675. The molecule has 0 spiro atoms. The van der Waals surface area contributed by atoms with Gasteiger partial charge in [0.15, 0.2) is 17.5 Å². The van der Waals surface area contributed by atoms with Gasteiger partial charge in [-0.05, 0) is 52.4 Å². The normalized spacial score (nSPS) is 18.3. The third kappa shape index (κ3) is 4.54. The number of hydrogen-bond donors (Lipinski definition) is 2. The Balaban J connectivity index is 1.52. The molecule has 1 saturated heterocycles. The van der Waals surface area contributed by atoms with Crippen molar-refractivity contribution < 1.29 is 14.2 Å². The van der Waals surface area contributed by atoms with Gasteiger partial charge in [0.25, 0.3) is 0 Å². The largest absolute Gasteiger partial charge is 0.486 e. The summed E-state index contributed by atoms with van der Waals surface area (Å²) in [5.41, 5.74) is 1.11. The fourth-order valence-corrected chi connectivity index (χ4v) is 3.47. The number of halogens is 1. The zero-order valence-corrected chi connectivity index (χ0v) is 15.5. The molecule has 7 heteroatoms. The number of nitrogens with zero attached hydrogens (tertiary/aromatic N) is 1. The van der Waals surface area contributed by atoms with E-state index in [1.807, 2.05) is 12.1 Å². The van der Waals surface area contributed by atoms with Crippen molar-refractivity contribution in [2.75, 3.05) is 40.0 Å². The molecule has 0 aliphatic carbocycles. The molecule has 6 nitrogen and oxygen atoms in total. The van der Waals surface area contributed by atoms with E-state index in [9.17, 15) is 0 Å². The fraction of sp³-hybridized carbons (Fsp3) is 0.588. The van der Waals surface area contributed by atoms with E-state index in [-0.39, 0.29) is 0 Å². The van der Waals surface area contributed by atoms with Gasteiger partial charge in [-0.3, -0.25) is 4.99 Å². The van der Waals surface area contributed by atoms with Crippen molar-refractivity contribution in [3.05, 3.63) is 22.2 Å². The Morgan fingerprint density at radius 2 is 1.96 bits per heavy atom. The molecule has 1 aromatic rings. The first kappa shape index (κ1) is 17.4. The second-order valence-corrected chi connectivity index (χ2v) is 6.82. The average Bonchev–Trinajstić information content (AvgIpc) is 2.63. The van der Waals surface area contributed by atoms with Crippen LogP contribution in [0.1, 0.15) is 18.4 Å². The van der Waals surface area contributed by atoms with Crippen LogP contribution in [0.25, 0.3) is 0 Å². The highest BCUT2D eigenvalue weighted by molar-refractivity contribution is 9.10. The summed E-state index contributed by atoms with van der Waals surface area (Å²) in [6.07, 6.45) is 2.22. The SMILES string of the molecule is CN=C(NCc1cc(Br)c2c(c1)OCCO2)NCC1CCOCC1. The van der Waals surface area contributed by atoms with Gasteiger partial charge in [0.05, 0.1) is 4.47 Å². The highest BCUT2D eigenvalue weighted by Crippen LogP contribution is 2.38. The Bertz CT molecular complexity index is 589. The second-order valence-electron chi connectivity index (χ2n) is 5.96. The first-order valence-corrected chi connectivity index (χ1v) is 9.16. The maximum absolute atomic E-state index is 5.66. The van der Waals surface area contributed by atoms with E-state index >= 15 is 0 Å².